The van der Waals surface area contributed by atoms with E-state index in [0.717, 1.165) is 12.3 Å². The van der Waals surface area contributed by atoms with Gasteiger partial charge in [-0.3, -0.25) is 0 Å². The normalized spacial score (nSPS) is 18.9. The second-order valence-corrected chi connectivity index (χ2v) is 5.02. The summed E-state index contributed by atoms with van der Waals surface area (Å²) in [7, 11) is 1.70. The summed E-state index contributed by atoms with van der Waals surface area (Å²) in [4.78, 5) is 0. The molecule has 0 bridgehead atoms. The lowest BCUT2D eigenvalue weighted by Gasteiger charge is -2.24. The quantitative estimate of drug-likeness (QED) is 0.856. The van der Waals surface area contributed by atoms with E-state index in [0.29, 0.717) is 12.0 Å². The van der Waals surface area contributed by atoms with E-state index in [4.69, 9.17) is 4.74 Å². The van der Waals surface area contributed by atoms with E-state index in [-0.39, 0.29) is 0 Å². The van der Waals surface area contributed by atoms with Crippen LogP contribution in [0.2, 0.25) is 0 Å². The summed E-state index contributed by atoms with van der Waals surface area (Å²) >= 11 is 0. The van der Waals surface area contributed by atoms with Crippen LogP contribution in [-0.4, -0.2) is 19.7 Å². The molecule has 0 amide bonds. The summed E-state index contributed by atoms with van der Waals surface area (Å²) in [5, 5.41) is 3.54. The molecule has 1 aliphatic heterocycles. The van der Waals surface area contributed by atoms with Gasteiger partial charge in [-0.05, 0) is 23.3 Å². The molecule has 2 atom stereocenters. The van der Waals surface area contributed by atoms with Crippen LogP contribution in [0, 0.1) is 0 Å². The van der Waals surface area contributed by atoms with Gasteiger partial charge in [0.05, 0.1) is 7.11 Å². The Balaban J connectivity index is 1.98. The number of methoxy groups -OCH3 is 1. The van der Waals surface area contributed by atoms with E-state index in [2.05, 4.69) is 59.9 Å². The van der Waals surface area contributed by atoms with E-state index >= 15 is 0 Å². The average molecular weight is 265 g/mol. The molecule has 1 N–H and O–H groups in total. The number of hydrogen-bond acceptors (Lipinski definition) is 2. The van der Waals surface area contributed by atoms with Crippen molar-refractivity contribution >= 4 is 0 Å². The highest BCUT2D eigenvalue weighted by Crippen LogP contribution is 2.31. The number of benzene rings is 2. The maximum atomic E-state index is 5.25. The monoisotopic (exact) mass is 265 g/mol. The molecular formula is C18H19NO. The Bertz CT molecular complexity index is 574. The fourth-order valence-corrected chi connectivity index (χ4v) is 2.79. The van der Waals surface area contributed by atoms with Gasteiger partial charge in [-0.25, -0.2) is 0 Å². The van der Waals surface area contributed by atoms with Crippen molar-refractivity contribution < 1.29 is 4.74 Å². The van der Waals surface area contributed by atoms with E-state index < -0.39 is 0 Å². The molecule has 2 aromatic rings. The standard InChI is InChI=1S/C18H19NO/c1-20-16-11-9-15(10-12-16)18(17-8-5-13-19-17)14-6-3-2-4-7-14/h2-12,17-19H,13H2,1H3/t17-,18+/m0/s1. The minimum absolute atomic E-state index is 0.334. The maximum Gasteiger partial charge on any atom is 0.118 e. The summed E-state index contributed by atoms with van der Waals surface area (Å²) in [6.07, 6.45) is 4.46. The van der Waals surface area contributed by atoms with Crippen molar-refractivity contribution in [2.45, 2.75) is 12.0 Å². The summed E-state index contributed by atoms with van der Waals surface area (Å²) in [6.45, 7) is 0.949. The summed E-state index contributed by atoms with van der Waals surface area (Å²) in [5.74, 6) is 1.23. The average Bonchev–Trinajstić information content (AvgIpc) is 3.03. The molecular weight excluding hydrogens is 246 g/mol. The largest absolute Gasteiger partial charge is 0.497 e. The van der Waals surface area contributed by atoms with Crippen molar-refractivity contribution in [2.75, 3.05) is 13.7 Å². The van der Waals surface area contributed by atoms with Gasteiger partial charge in [-0.2, -0.15) is 0 Å². The van der Waals surface area contributed by atoms with Crippen LogP contribution < -0.4 is 10.1 Å². The Labute approximate surface area is 120 Å². The molecule has 2 nitrogen and oxygen atoms in total. The lowest BCUT2D eigenvalue weighted by atomic mass is 9.85. The van der Waals surface area contributed by atoms with Gasteiger partial charge < -0.3 is 10.1 Å². The van der Waals surface area contributed by atoms with E-state index in [9.17, 15) is 0 Å². The lowest BCUT2D eigenvalue weighted by molar-refractivity contribution is 0.414. The van der Waals surface area contributed by atoms with Crippen LogP contribution in [0.15, 0.2) is 66.7 Å². The smallest absolute Gasteiger partial charge is 0.118 e. The first kappa shape index (κ1) is 12.9. The number of rotatable bonds is 4. The molecule has 0 aliphatic carbocycles. The van der Waals surface area contributed by atoms with Crippen LogP contribution in [0.5, 0.6) is 5.75 Å². The SMILES string of the molecule is COc1ccc([C@@H](c2ccccc2)[C@@H]2C=CCN2)cc1. The molecule has 0 saturated heterocycles. The first-order valence-corrected chi connectivity index (χ1v) is 6.97. The van der Waals surface area contributed by atoms with E-state index in [1.807, 2.05) is 12.1 Å². The first-order valence-electron chi connectivity index (χ1n) is 6.97. The number of hydrogen-bond donors (Lipinski definition) is 1. The summed E-state index contributed by atoms with van der Waals surface area (Å²) in [5.41, 5.74) is 2.64. The fraction of sp³-hybridized carbons (Fsp3) is 0.222. The van der Waals surface area contributed by atoms with Crippen molar-refractivity contribution in [3.8, 4) is 5.75 Å². The summed E-state index contributed by atoms with van der Waals surface area (Å²) < 4.78 is 5.25. The van der Waals surface area contributed by atoms with Crippen molar-refractivity contribution in [3.05, 3.63) is 77.9 Å². The Hall–Kier alpha value is -2.06. The van der Waals surface area contributed by atoms with E-state index in [1.54, 1.807) is 7.11 Å². The van der Waals surface area contributed by atoms with Crippen LogP contribution >= 0.6 is 0 Å². The molecule has 102 valence electrons. The minimum atomic E-state index is 0.334. The minimum Gasteiger partial charge on any atom is -0.497 e. The molecule has 1 aliphatic rings. The van der Waals surface area contributed by atoms with Crippen LogP contribution in [-0.2, 0) is 0 Å². The Morgan fingerprint density at radius 3 is 2.30 bits per heavy atom. The molecule has 0 fully saturated rings. The van der Waals surface area contributed by atoms with Gasteiger partial charge in [-0.1, -0.05) is 54.6 Å². The molecule has 0 radical (unpaired) electrons. The predicted molar refractivity (Wildman–Crippen MR) is 82.2 cm³/mol. The zero-order valence-electron chi connectivity index (χ0n) is 11.6. The van der Waals surface area contributed by atoms with Crippen molar-refractivity contribution in [1.29, 1.82) is 0 Å². The van der Waals surface area contributed by atoms with E-state index in [1.165, 1.54) is 11.1 Å². The molecule has 0 unspecified atom stereocenters. The zero-order chi connectivity index (χ0) is 13.8. The first-order chi connectivity index (χ1) is 9.88. The second-order valence-electron chi connectivity index (χ2n) is 5.02. The number of nitrogens with one attached hydrogen (secondary N) is 1. The van der Waals surface area contributed by atoms with Crippen LogP contribution in [0.25, 0.3) is 0 Å². The Morgan fingerprint density at radius 1 is 1.00 bits per heavy atom. The van der Waals surface area contributed by atoms with Crippen LogP contribution in [0.3, 0.4) is 0 Å². The van der Waals surface area contributed by atoms with Crippen LogP contribution in [0.4, 0.5) is 0 Å². The van der Waals surface area contributed by atoms with Gasteiger partial charge >= 0.3 is 0 Å². The molecule has 0 aromatic heterocycles. The van der Waals surface area contributed by atoms with Gasteiger partial charge in [0.2, 0.25) is 0 Å². The Morgan fingerprint density at radius 2 is 1.70 bits per heavy atom. The van der Waals surface area contributed by atoms with Crippen molar-refractivity contribution in [2.24, 2.45) is 0 Å². The van der Waals surface area contributed by atoms with Crippen molar-refractivity contribution in [1.82, 2.24) is 5.32 Å². The topological polar surface area (TPSA) is 21.3 Å². The number of ether oxygens (including phenoxy) is 1. The third-order valence-electron chi connectivity index (χ3n) is 3.81. The maximum absolute atomic E-state index is 5.25. The lowest BCUT2D eigenvalue weighted by Crippen LogP contribution is -2.29. The zero-order valence-corrected chi connectivity index (χ0v) is 11.6. The highest BCUT2D eigenvalue weighted by Gasteiger charge is 2.24. The molecule has 2 heteroatoms. The molecule has 20 heavy (non-hydrogen) atoms. The molecule has 3 rings (SSSR count). The molecule has 1 heterocycles. The van der Waals surface area contributed by atoms with Gasteiger partial charge in [-0.15, -0.1) is 0 Å². The fourth-order valence-electron chi connectivity index (χ4n) is 2.79. The highest BCUT2D eigenvalue weighted by molar-refractivity contribution is 5.39. The predicted octanol–water partition coefficient (Wildman–Crippen LogP) is 3.36. The third-order valence-corrected chi connectivity index (χ3v) is 3.81. The van der Waals surface area contributed by atoms with Gasteiger partial charge in [0.25, 0.3) is 0 Å². The summed E-state index contributed by atoms with van der Waals surface area (Å²) in [6, 6.07) is 19.4. The molecule has 0 saturated carbocycles. The molecule has 0 spiro atoms. The molecule has 2 aromatic carbocycles. The van der Waals surface area contributed by atoms with Gasteiger partial charge in [0.1, 0.15) is 5.75 Å². The van der Waals surface area contributed by atoms with Gasteiger partial charge in [0, 0.05) is 18.5 Å². The third kappa shape index (κ3) is 2.61. The van der Waals surface area contributed by atoms with Crippen molar-refractivity contribution in [3.63, 3.8) is 0 Å². The second kappa shape index (κ2) is 5.93. The van der Waals surface area contributed by atoms with Gasteiger partial charge in [0.15, 0.2) is 0 Å². The van der Waals surface area contributed by atoms with Crippen LogP contribution in [0.1, 0.15) is 17.0 Å². The Kier molecular flexibility index (Phi) is 3.84. The highest BCUT2D eigenvalue weighted by atomic mass is 16.5.